The fraction of sp³-hybridized carbons (Fsp3) is 0.409. The number of carbonyl (C=O) groups excluding carboxylic acids is 1. The van der Waals surface area contributed by atoms with Crippen molar-refractivity contribution in [1.82, 2.24) is 0 Å². The van der Waals surface area contributed by atoms with Gasteiger partial charge in [-0.25, -0.2) is 4.79 Å². The van der Waals surface area contributed by atoms with Crippen molar-refractivity contribution in [2.24, 2.45) is 0 Å². The van der Waals surface area contributed by atoms with Crippen molar-refractivity contribution in [2.45, 2.75) is 41.5 Å². The fourth-order valence-corrected chi connectivity index (χ4v) is 2.74. The van der Waals surface area contributed by atoms with Gasteiger partial charge in [0.25, 0.3) is 0 Å². The Labute approximate surface area is 161 Å². The van der Waals surface area contributed by atoms with Crippen LogP contribution < -0.4 is 18.9 Å². The van der Waals surface area contributed by atoms with Gasteiger partial charge in [-0.2, -0.15) is 0 Å². The highest BCUT2D eigenvalue weighted by Gasteiger charge is 2.20. The molecule has 0 radical (unpaired) electrons. The van der Waals surface area contributed by atoms with Crippen LogP contribution in [0.25, 0.3) is 0 Å². The summed E-state index contributed by atoms with van der Waals surface area (Å²) >= 11 is 0. The maximum Gasteiger partial charge on any atom is 0.343 e. The molecule has 0 unspecified atom stereocenters. The number of benzene rings is 2. The van der Waals surface area contributed by atoms with Crippen molar-refractivity contribution in [3.63, 3.8) is 0 Å². The van der Waals surface area contributed by atoms with E-state index < -0.39 is 5.97 Å². The summed E-state index contributed by atoms with van der Waals surface area (Å²) < 4.78 is 22.7. The molecule has 0 spiro atoms. The van der Waals surface area contributed by atoms with Crippen molar-refractivity contribution in [1.29, 1.82) is 0 Å². The molecule has 2 aromatic carbocycles. The zero-order valence-corrected chi connectivity index (χ0v) is 17.0. The van der Waals surface area contributed by atoms with Crippen LogP contribution in [0.2, 0.25) is 0 Å². The Morgan fingerprint density at radius 3 is 1.81 bits per heavy atom. The molecule has 0 heterocycles. The molecule has 146 valence electrons. The first-order chi connectivity index (χ1) is 12.9. The van der Waals surface area contributed by atoms with Gasteiger partial charge >= 0.3 is 5.97 Å². The van der Waals surface area contributed by atoms with Gasteiger partial charge in [-0.3, -0.25) is 0 Å². The molecule has 0 amide bonds. The summed E-state index contributed by atoms with van der Waals surface area (Å²) in [5.41, 5.74) is 3.28. The third kappa shape index (κ3) is 4.73. The van der Waals surface area contributed by atoms with Gasteiger partial charge in [0.15, 0.2) is 11.5 Å². The average molecular weight is 372 g/mol. The number of carbonyl (C=O) groups is 1. The Balaban J connectivity index is 2.45. The highest BCUT2D eigenvalue weighted by atomic mass is 16.5. The molecule has 5 heteroatoms. The van der Waals surface area contributed by atoms with Crippen molar-refractivity contribution >= 4 is 5.97 Å². The lowest BCUT2D eigenvalue weighted by atomic mass is 10.1. The minimum absolute atomic E-state index is 0.352. The Kier molecular flexibility index (Phi) is 7.11. The summed E-state index contributed by atoms with van der Waals surface area (Å²) in [6.45, 7) is 12.8. The number of rotatable bonds is 8. The molecule has 0 N–H and O–H groups in total. The zero-order chi connectivity index (χ0) is 20.0. The standard InChI is InChI=1S/C22H28O5/c1-7-24-18-12-17(13-19(25-8-2)21(18)26-9-3)22(23)27-20-15(5)11-10-14(4)16(20)6/h10-13H,7-9H2,1-6H3. The summed E-state index contributed by atoms with van der Waals surface area (Å²) in [6.07, 6.45) is 0. The van der Waals surface area contributed by atoms with Crippen LogP contribution in [-0.4, -0.2) is 25.8 Å². The van der Waals surface area contributed by atoms with Gasteiger partial charge in [0, 0.05) is 0 Å². The van der Waals surface area contributed by atoms with Gasteiger partial charge in [-0.15, -0.1) is 0 Å². The summed E-state index contributed by atoms with van der Waals surface area (Å²) in [6, 6.07) is 7.24. The van der Waals surface area contributed by atoms with Gasteiger partial charge in [0.1, 0.15) is 5.75 Å². The molecule has 0 aliphatic rings. The minimum atomic E-state index is -0.461. The monoisotopic (exact) mass is 372 g/mol. The first-order valence-electron chi connectivity index (χ1n) is 9.28. The lowest BCUT2D eigenvalue weighted by Gasteiger charge is -2.17. The number of aryl methyl sites for hydroxylation is 2. The van der Waals surface area contributed by atoms with Crippen LogP contribution in [0.4, 0.5) is 0 Å². The molecule has 0 saturated heterocycles. The van der Waals surface area contributed by atoms with Crippen LogP contribution in [0.5, 0.6) is 23.0 Å². The first-order valence-corrected chi connectivity index (χ1v) is 9.28. The maximum atomic E-state index is 12.8. The second kappa shape index (κ2) is 9.31. The third-order valence-electron chi connectivity index (χ3n) is 4.21. The van der Waals surface area contributed by atoms with E-state index in [1.54, 1.807) is 12.1 Å². The van der Waals surface area contributed by atoms with Crippen LogP contribution in [-0.2, 0) is 0 Å². The van der Waals surface area contributed by atoms with Crippen molar-refractivity contribution in [3.05, 3.63) is 46.5 Å². The van der Waals surface area contributed by atoms with Crippen molar-refractivity contribution in [3.8, 4) is 23.0 Å². The normalized spacial score (nSPS) is 10.4. The molecule has 0 saturated carbocycles. The largest absolute Gasteiger partial charge is 0.490 e. The molecule has 0 aliphatic carbocycles. The van der Waals surface area contributed by atoms with Gasteiger partial charge in [0.2, 0.25) is 5.75 Å². The Bertz CT molecular complexity index is 784. The van der Waals surface area contributed by atoms with E-state index in [1.165, 1.54) is 0 Å². The van der Waals surface area contributed by atoms with Crippen molar-refractivity contribution < 1.29 is 23.7 Å². The lowest BCUT2D eigenvalue weighted by Crippen LogP contribution is -2.12. The Morgan fingerprint density at radius 1 is 0.778 bits per heavy atom. The van der Waals surface area contributed by atoms with E-state index in [0.29, 0.717) is 48.4 Å². The number of hydrogen-bond acceptors (Lipinski definition) is 5. The summed E-state index contributed by atoms with van der Waals surface area (Å²) in [7, 11) is 0. The second-order valence-electron chi connectivity index (χ2n) is 6.14. The van der Waals surface area contributed by atoms with E-state index in [2.05, 4.69) is 0 Å². The van der Waals surface area contributed by atoms with Crippen LogP contribution in [0.3, 0.4) is 0 Å². The minimum Gasteiger partial charge on any atom is -0.490 e. The summed E-state index contributed by atoms with van der Waals surface area (Å²) in [5, 5.41) is 0. The van der Waals surface area contributed by atoms with Gasteiger partial charge in [-0.05, 0) is 70.4 Å². The van der Waals surface area contributed by atoms with Crippen LogP contribution in [0.15, 0.2) is 24.3 Å². The topological polar surface area (TPSA) is 54.0 Å². The lowest BCUT2D eigenvalue weighted by molar-refractivity contribution is 0.0731. The number of ether oxygens (including phenoxy) is 4. The Morgan fingerprint density at radius 2 is 1.30 bits per heavy atom. The molecule has 2 aromatic rings. The van der Waals surface area contributed by atoms with E-state index in [0.717, 1.165) is 16.7 Å². The average Bonchev–Trinajstić information content (AvgIpc) is 2.64. The van der Waals surface area contributed by atoms with Crippen LogP contribution >= 0.6 is 0 Å². The predicted molar refractivity (Wildman–Crippen MR) is 106 cm³/mol. The molecule has 0 aromatic heterocycles. The molecule has 2 rings (SSSR count). The van der Waals surface area contributed by atoms with Gasteiger partial charge < -0.3 is 18.9 Å². The van der Waals surface area contributed by atoms with Gasteiger partial charge in [-0.1, -0.05) is 12.1 Å². The van der Waals surface area contributed by atoms with E-state index in [4.69, 9.17) is 18.9 Å². The number of esters is 1. The molecule has 0 atom stereocenters. The molecule has 0 fully saturated rings. The zero-order valence-electron chi connectivity index (χ0n) is 17.0. The van der Waals surface area contributed by atoms with E-state index in [9.17, 15) is 4.79 Å². The molecule has 27 heavy (non-hydrogen) atoms. The summed E-state index contributed by atoms with van der Waals surface area (Å²) in [4.78, 5) is 12.8. The number of hydrogen-bond donors (Lipinski definition) is 0. The van der Waals surface area contributed by atoms with E-state index >= 15 is 0 Å². The smallest absolute Gasteiger partial charge is 0.343 e. The van der Waals surface area contributed by atoms with E-state index in [-0.39, 0.29) is 0 Å². The highest BCUT2D eigenvalue weighted by molar-refractivity contribution is 5.93. The molecular formula is C22H28O5. The van der Waals surface area contributed by atoms with Crippen molar-refractivity contribution in [2.75, 3.05) is 19.8 Å². The SMILES string of the molecule is CCOc1cc(C(=O)Oc2c(C)ccc(C)c2C)cc(OCC)c1OCC. The molecule has 0 bridgehead atoms. The highest BCUT2D eigenvalue weighted by Crippen LogP contribution is 2.39. The predicted octanol–water partition coefficient (Wildman–Crippen LogP) is 5.03. The second-order valence-corrected chi connectivity index (χ2v) is 6.14. The molecule has 5 nitrogen and oxygen atoms in total. The molecule has 0 aliphatic heterocycles. The molecular weight excluding hydrogens is 344 g/mol. The van der Waals surface area contributed by atoms with Gasteiger partial charge in [0.05, 0.1) is 25.4 Å². The van der Waals surface area contributed by atoms with Crippen LogP contribution in [0, 0.1) is 20.8 Å². The van der Waals surface area contributed by atoms with Crippen LogP contribution in [0.1, 0.15) is 47.8 Å². The summed E-state index contributed by atoms with van der Waals surface area (Å²) in [5.74, 6) is 1.56. The quantitative estimate of drug-likeness (QED) is 0.481. The Hall–Kier alpha value is -2.69. The first kappa shape index (κ1) is 20.6. The third-order valence-corrected chi connectivity index (χ3v) is 4.21. The maximum absolute atomic E-state index is 12.8. The fourth-order valence-electron chi connectivity index (χ4n) is 2.74. The van der Waals surface area contributed by atoms with E-state index in [1.807, 2.05) is 53.7 Å².